The lowest BCUT2D eigenvalue weighted by molar-refractivity contribution is -0.122. The van der Waals surface area contributed by atoms with Crippen molar-refractivity contribution in [3.8, 4) is 22.8 Å². The topological polar surface area (TPSA) is 122 Å². The molecule has 0 saturated carbocycles. The van der Waals surface area contributed by atoms with E-state index in [1.807, 2.05) is 0 Å². The summed E-state index contributed by atoms with van der Waals surface area (Å²) in [7, 11) is 1.48. The number of rotatable bonds is 6. The molecule has 0 saturated heterocycles. The predicted octanol–water partition coefficient (Wildman–Crippen LogP) is 1.14. The lowest BCUT2D eigenvalue weighted by atomic mass is 10.1. The molecule has 0 unspecified atom stereocenters. The number of carbonyl (C=O) groups excluding carboxylic acids is 1. The molecular formula is C17H22N4O4S. The second-order valence-electron chi connectivity index (χ2n) is 6.01. The maximum Gasteiger partial charge on any atom is 0.252 e. The second-order valence-corrected chi connectivity index (χ2v) is 6.40. The average Bonchev–Trinajstić information content (AvgIpc) is 2.56. The van der Waals surface area contributed by atoms with Gasteiger partial charge in [0.1, 0.15) is 18.0 Å². The maximum atomic E-state index is 12.3. The van der Waals surface area contributed by atoms with Crippen LogP contribution in [0.2, 0.25) is 0 Å². The summed E-state index contributed by atoms with van der Waals surface area (Å²) < 4.78 is 6.58. The maximum absolute atomic E-state index is 12.3. The molecule has 5 N–H and O–H groups in total. The first-order valence-electron chi connectivity index (χ1n) is 7.99. The minimum absolute atomic E-state index is 0.0753. The predicted molar refractivity (Wildman–Crippen MR) is 101 cm³/mol. The van der Waals surface area contributed by atoms with E-state index in [0.717, 1.165) is 0 Å². The first kappa shape index (κ1) is 19.7. The van der Waals surface area contributed by atoms with Crippen molar-refractivity contribution in [2.75, 3.05) is 7.11 Å². The molecule has 0 aliphatic heterocycles. The molecule has 1 aromatic heterocycles. The zero-order valence-electron chi connectivity index (χ0n) is 14.8. The molecule has 2 atom stereocenters. The van der Waals surface area contributed by atoms with Gasteiger partial charge in [-0.15, -0.1) is 0 Å². The fourth-order valence-corrected chi connectivity index (χ4v) is 2.59. The van der Waals surface area contributed by atoms with Crippen LogP contribution in [-0.4, -0.2) is 39.8 Å². The zero-order valence-corrected chi connectivity index (χ0v) is 15.6. The van der Waals surface area contributed by atoms with Crippen LogP contribution in [0.15, 0.2) is 29.1 Å². The molecule has 2 aromatic rings. The Hall–Kier alpha value is -2.65. The largest absolute Gasteiger partial charge is 0.507 e. The van der Waals surface area contributed by atoms with E-state index >= 15 is 0 Å². The minimum Gasteiger partial charge on any atom is -0.507 e. The first-order chi connectivity index (χ1) is 12.2. The van der Waals surface area contributed by atoms with Gasteiger partial charge in [-0.3, -0.25) is 14.6 Å². The molecule has 0 fully saturated rings. The van der Waals surface area contributed by atoms with Crippen molar-refractivity contribution in [3.05, 3.63) is 39.4 Å². The van der Waals surface area contributed by atoms with Crippen molar-refractivity contribution in [2.24, 2.45) is 5.73 Å². The van der Waals surface area contributed by atoms with E-state index in [1.165, 1.54) is 23.8 Å². The van der Waals surface area contributed by atoms with Gasteiger partial charge in [-0.1, -0.05) is 0 Å². The highest BCUT2D eigenvalue weighted by Crippen LogP contribution is 2.31. The Labute approximate surface area is 155 Å². The number of nitrogens with one attached hydrogen (secondary N) is 2. The molecule has 0 aliphatic rings. The number of aromatic nitrogens is 2. The van der Waals surface area contributed by atoms with Crippen molar-refractivity contribution in [1.29, 1.82) is 0 Å². The average molecular weight is 378 g/mol. The normalized spacial score (nSPS) is 13.1. The third-order valence-corrected chi connectivity index (χ3v) is 4.32. The van der Waals surface area contributed by atoms with Crippen molar-refractivity contribution >= 4 is 18.1 Å². The summed E-state index contributed by atoms with van der Waals surface area (Å²) in [5.41, 5.74) is 6.01. The number of nitrogens with zero attached hydrogens (tertiary/aromatic N) is 1. The number of aromatic hydroxyl groups is 1. The molecule has 140 valence electrons. The van der Waals surface area contributed by atoms with E-state index < -0.39 is 5.56 Å². The molecule has 2 rings (SSSR count). The van der Waals surface area contributed by atoms with Gasteiger partial charge >= 0.3 is 0 Å². The number of nitrogens with two attached hydrogens (primary N) is 1. The molecule has 1 aromatic carbocycles. The number of hydrogen-bond acceptors (Lipinski definition) is 6. The summed E-state index contributed by atoms with van der Waals surface area (Å²) in [5.74, 6) is 0.0550. The Balaban J connectivity index is 2.46. The molecule has 26 heavy (non-hydrogen) atoms. The van der Waals surface area contributed by atoms with E-state index in [-0.39, 0.29) is 35.1 Å². The molecule has 1 heterocycles. The molecule has 0 spiro atoms. The number of ether oxygens (including phenoxy) is 1. The highest BCUT2D eigenvalue weighted by atomic mass is 32.1. The van der Waals surface area contributed by atoms with Gasteiger partial charge in [-0.2, -0.15) is 0 Å². The van der Waals surface area contributed by atoms with Gasteiger partial charge in [0.2, 0.25) is 5.91 Å². The number of aromatic amines is 1. The molecular weight excluding hydrogens is 356 g/mol. The highest BCUT2D eigenvalue weighted by Gasteiger charge is 2.16. The van der Waals surface area contributed by atoms with E-state index in [2.05, 4.69) is 10.3 Å². The number of hydrogen-bond donors (Lipinski definition) is 4. The van der Waals surface area contributed by atoms with Gasteiger partial charge < -0.3 is 25.5 Å². The van der Waals surface area contributed by atoms with Crippen LogP contribution >= 0.6 is 12.2 Å². The van der Waals surface area contributed by atoms with Crippen molar-refractivity contribution in [2.45, 2.75) is 32.5 Å². The summed E-state index contributed by atoms with van der Waals surface area (Å²) in [6.45, 7) is 3.45. The van der Waals surface area contributed by atoms with E-state index in [1.54, 1.807) is 26.0 Å². The van der Waals surface area contributed by atoms with E-state index in [9.17, 15) is 14.7 Å². The SMILES string of the molecule is COc1ccc(-c2cc(=O)[nH]c(=S)n2CC(=O)N[C@H](C)[C@@H](C)N)c(O)c1. The number of phenols is 1. The summed E-state index contributed by atoms with van der Waals surface area (Å²) >= 11 is 5.20. The first-order valence-corrected chi connectivity index (χ1v) is 8.40. The van der Waals surface area contributed by atoms with Gasteiger partial charge in [0, 0.05) is 29.8 Å². The van der Waals surface area contributed by atoms with Crippen LogP contribution in [-0.2, 0) is 11.3 Å². The van der Waals surface area contributed by atoms with Crippen LogP contribution in [0.5, 0.6) is 11.5 Å². The third kappa shape index (κ3) is 4.50. The fraction of sp³-hybridized carbons (Fsp3) is 0.353. The Morgan fingerprint density at radius 2 is 2.12 bits per heavy atom. The van der Waals surface area contributed by atoms with Gasteiger partial charge in [-0.25, -0.2) is 0 Å². The van der Waals surface area contributed by atoms with Crippen LogP contribution < -0.4 is 21.3 Å². The number of methoxy groups -OCH3 is 1. The van der Waals surface area contributed by atoms with Crippen molar-refractivity contribution in [3.63, 3.8) is 0 Å². The van der Waals surface area contributed by atoms with E-state index in [0.29, 0.717) is 17.0 Å². The van der Waals surface area contributed by atoms with Crippen LogP contribution in [0.1, 0.15) is 13.8 Å². The number of carbonyl (C=O) groups is 1. The standard InChI is InChI=1S/C17H22N4O4S/c1-9(18)10(2)19-16(24)8-21-13(7-15(23)20-17(21)26)12-5-4-11(25-3)6-14(12)22/h4-7,9-10,22H,8,18H2,1-3H3,(H,19,24)(H,20,23,26)/t9-,10-/m1/s1. The third-order valence-electron chi connectivity index (χ3n) is 3.99. The lowest BCUT2D eigenvalue weighted by Gasteiger charge is -2.19. The monoisotopic (exact) mass is 378 g/mol. The molecule has 0 radical (unpaired) electrons. The minimum atomic E-state index is -0.430. The van der Waals surface area contributed by atoms with Crippen LogP contribution in [0.4, 0.5) is 0 Å². The number of benzene rings is 1. The van der Waals surface area contributed by atoms with Crippen LogP contribution in [0.25, 0.3) is 11.3 Å². The number of phenolic OH excluding ortho intramolecular Hbond substituents is 1. The number of amides is 1. The highest BCUT2D eigenvalue weighted by molar-refractivity contribution is 7.71. The molecule has 0 aliphatic carbocycles. The van der Waals surface area contributed by atoms with Gasteiger partial charge in [0.15, 0.2) is 4.77 Å². The zero-order chi connectivity index (χ0) is 19.4. The van der Waals surface area contributed by atoms with Gasteiger partial charge in [0.25, 0.3) is 5.56 Å². The lowest BCUT2D eigenvalue weighted by Crippen LogP contribution is -2.45. The Morgan fingerprint density at radius 3 is 2.69 bits per heavy atom. The smallest absolute Gasteiger partial charge is 0.252 e. The van der Waals surface area contributed by atoms with Gasteiger partial charge in [0.05, 0.1) is 12.8 Å². The van der Waals surface area contributed by atoms with Crippen molar-refractivity contribution in [1.82, 2.24) is 14.9 Å². The Morgan fingerprint density at radius 1 is 1.42 bits per heavy atom. The Bertz CT molecular complexity index is 920. The summed E-state index contributed by atoms with van der Waals surface area (Å²) in [6.07, 6.45) is 0. The number of H-pyrrole nitrogens is 1. The van der Waals surface area contributed by atoms with Crippen LogP contribution in [0.3, 0.4) is 0 Å². The quantitative estimate of drug-likeness (QED) is 0.559. The van der Waals surface area contributed by atoms with Crippen molar-refractivity contribution < 1.29 is 14.6 Å². The Kier molecular flexibility index (Phi) is 6.17. The van der Waals surface area contributed by atoms with E-state index in [4.69, 9.17) is 22.7 Å². The van der Waals surface area contributed by atoms with Crippen LogP contribution in [0, 0.1) is 4.77 Å². The molecule has 0 bridgehead atoms. The summed E-state index contributed by atoms with van der Waals surface area (Å²) in [4.78, 5) is 26.7. The fourth-order valence-electron chi connectivity index (χ4n) is 2.33. The summed E-state index contributed by atoms with van der Waals surface area (Å²) in [6, 6.07) is 5.49. The van der Waals surface area contributed by atoms with Gasteiger partial charge in [-0.05, 0) is 38.2 Å². The second kappa shape index (κ2) is 8.15. The molecule has 8 nitrogen and oxygen atoms in total. The molecule has 9 heteroatoms. The summed E-state index contributed by atoms with van der Waals surface area (Å²) in [5, 5.41) is 13.1. The molecule has 1 amide bonds.